The van der Waals surface area contributed by atoms with Crippen LogP contribution >= 0.6 is 11.6 Å². The first-order valence-electron chi connectivity index (χ1n) is 9.07. The molecule has 1 amide bonds. The minimum absolute atomic E-state index is 0.171. The zero-order chi connectivity index (χ0) is 19.0. The molecule has 1 aromatic carbocycles. The quantitative estimate of drug-likeness (QED) is 0.736. The number of hydrogen-bond donors (Lipinski definition) is 1. The maximum Gasteiger partial charge on any atom is 0.254 e. The van der Waals surface area contributed by atoms with Gasteiger partial charge in [0.05, 0.1) is 34.5 Å². The van der Waals surface area contributed by atoms with Crippen LogP contribution in [0.15, 0.2) is 30.5 Å². The maximum absolute atomic E-state index is 12.7. The molecule has 1 aliphatic carbocycles. The van der Waals surface area contributed by atoms with Crippen LogP contribution in [0.25, 0.3) is 16.7 Å². The molecule has 7 heteroatoms. The number of ether oxygens (including phenoxy) is 1. The number of amides is 1. The van der Waals surface area contributed by atoms with E-state index >= 15 is 0 Å². The molecule has 0 atom stereocenters. The normalized spacial score (nSPS) is 14.6. The van der Waals surface area contributed by atoms with Crippen LogP contribution < -0.4 is 10.1 Å². The highest BCUT2D eigenvalue weighted by molar-refractivity contribution is 6.38. The van der Waals surface area contributed by atoms with Crippen LogP contribution in [-0.2, 0) is 0 Å². The first-order chi connectivity index (χ1) is 13.1. The van der Waals surface area contributed by atoms with Gasteiger partial charge in [-0.2, -0.15) is 5.10 Å². The topological polar surface area (TPSA) is 69.0 Å². The summed E-state index contributed by atoms with van der Waals surface area (Å²) in [4.78, 5) is 17.2. The van der Waals surface area contributed by atoms with Crippen molar-refractivity contribution in [1.82, 2.24) is 20.1 Å². The second kappa shape index (κ2) is 7.19. The Morgan fingerprint density at radius 1 is 1.33 bits per heavy atom. The number of rotatable bonds is 4. The van der Waals surface area contributed by atoms with E-state index < -0.39 is 0 Å². The Morgan fingerprint density at radius 2 is 2.11 bits per heavy atom. The number of halogens is 1. The molecule has 0 spiro atoms. The van der Waals surface area contributed by atoms with Gasteiger partial charge in [-0.3, -0.25) is 4.79 Å². The molecule has 0 saturated heterocycles. The first kappa shape index (κ1) is 17.8. The molecule has 27 heavy (non-hydrogen) atoms. The van der Waals surface area contributed by atoms with Crippen molar-refractivity contribution in [3.05, 3.63) is 46.7 Å². The maximum atomic E-state index is 12.7. The number of pyridine rings is 1. The molecule has 0 aliphatic heterocycles. The molecule has 6 nitrogen and oxygen atoms in total. The van der Waals surface area contributed by atoms with Gasteiger partial charge in [0.1, 0.15) is 5.75 Å². The van der Waals surface area contributed by atoms with Gasteiger partial charge in [-0.15, -0.1) is 0 Å². The largest absolute Gasteiger partial charge is 0.497 e. The molecule has 3 aromatic rings. The Balaban J connectivity index is 1.75. The Kier molecular flexibility index (Phi) is 4.74. The zero-order valence-electron chi connectivity index (χ0n) is 15.3. The van der Waals surface area contributed by atoms with E-state index in [0.29, 0.717) is 21.6 Å². The van der Waals surface area contributed by atoms with Crippen molar-refractivity contribution in [2.75, 3.05) is 7.11 Å². The molecule has 2 aromatic heterocycles. The van der Waals surface area contributed by atoms with Crippen LogP contribution in [0.3, 0.4) is 0 Å². The van der Waals surface area contributed by atoms with E-state index in [-0.39, 0.29) is 11.9 Å². The van der Waals surface area contributed by atoms with E-state index in [2.05, 4.69) is 15.4 Å². The van der Waals surface area contributed by atoms with Crippen LogP contribution in [0.2, 0.25) is 5.02 Å². The lowest BCUT2D eigenvalue weighted by Gasteiger charge is -2.13. The van der Waals surface area contributed by atoms with Gasteiger partial charge < -0.3 is 10.1 Å². The van der Waals surface area contributed by atoms with Crippen LogP contribution in [0.4, 0.5) is 0 Å². The van der Waals surface area contributed by atoms with Crippen LogP contribution in [0.5, 0.6) is 5.75 Å². The van der Waals surface area contributed by atoms with Crippen molar-refractivity contribution < 1.29 is 9.53 Å². The molecule has 0 unspecified atom stereocenters. The minimum atomic E-state index is -0.171. The number of fused-ring (bicyclic) bond motifs is 1. The number of carbonyl (C=O) groups is 1. The molecule has 0 radical (unpaired) electrons. The smallest absolute Gasteiger partial charge is 0.254 e. The Morgan fingerprint density at radius 3 is 2.85 bits per heavy atom. The van der Waals surface area contributed by atoms with Crippen molar-refractivity contribution in [3.63, 3.8) is 0 Å². The van der Waals surface area contributed by atoms with Gasteiger partial charge >= 0.3 is 0 Å². The van der Waals surface area contributed by atoms with E-state index in [1.807, 2.05) is 31.2 Å². The number of hydrogen-bond acceptors (Lipinski definition) is 4. The molecule has 1 saturated carbocycles. The summed E-state index contributed by atoms with van der Waals surface area (Å²) in [5.74, 6) is 0.558. The monoisotopic (exact) mass is 384 g/mol. The molecule has 4 rings (SSSR count). The summed E-state index contributed by atoms with van der Waals surface area (Å²) in [6.45, 7) is 1.87. The van der Waals surface area contributed by atoms with Gasteiger partial charge in [-0.25, -0.2) is 9.67 Å². The lowest BCUT2D eigenvalue weighted by Crippen LogP contribution is -2.32. The average Bonchev–Trinajstić information content (AvgIpc) is 3.30. The second-order valence-corrected chi connectivity index (χ2v) is 7.22. The van der Waals surface area contributed by atoms with Crippen LogP contribution in [0.1, 0.15) is 41.7 Å². The van der Waals surface area contributed by atoms with E-state index in [1.165, 1.54) is 6.20 Å². The number of aryl methyl sites for hydroxylation is 1. The molecule has 0 bridgehead atoms. The minimum Gasteiger partial charge on any atom is -0.497 e. The predicted molar refractivity (Wildman–Crippen MR) is 105 cm³/mol. The number of nitrogens with one attached hydrogen (secondary N) is 1. The highest BCUT2D eigenvalue weighted by atomic mass is 35.5. The molecule has 1 aliphatic rings. The third-order valence-corrected chi connectivity index (χ3v) is 5.43. The first-order valence-corrected chi connectivity index (χ1v) is 9.45. The number of benzene rings is 1. The predicted octanol–water partition coefficient (Wildman–Crippen LogP) is 4.06. The van der Waals surface area contributed by atoms with Crippen LogP contribution in [-0.4, -0.2) is 33.8 Å². The number of aromatic nitrogens is 3. The fraction of sp³-hybridized carbons (Fsp3) is 0.350. The molecule has 1 N–H and O–H groups in total. The zero-order valence-corrected chi connectivity index (χ0v) is 16.1. The number of carbonyl (C=O) groups excluding carboxylic acids is 1. The lowest BCUT2D eigenvalue weighted by molar-refractivity contribution is 0.0938. The third kappa shape index (κ3) is 3.25. The fourth-order valence-electron chi connectivity index (χ4n) is 3.62. The summed E-state index contributed by atoms with van der Waals surface area (Å²) >= 11 is 6.61. The van der Waals surface area contributed by atoms with E-state index in [4.69, 9.17) is 16.3 Å². The average molecular weight is 385 g/mol. The summed E-state index contributed by atoms with van der Waals surface area (Å²) < 4.78 is 7.01. The van der Waals surface area contributed by atoms with Gasteiger partial charge in [-0.05, 0) is 31.9 Å². The summed E-state index contributed by atoms with van der Waals surface area (Å²) in [7, 11) is 1.62. The Hall–Kier alpha value is -2.60. The third-order valence-electron chi connectivity index (χ3n) is 5.04. The van der Waals surface area contributed by atoms with Gasteiger partial charge in [0, 0.05) is 18.3 Å². The molecular formula is C20H21ClN4O2. The van der Waals surface area contributed by atoms with E-state index in [9.17, 15) is 4.79 Å². The molecule has 1 fully saturated rings. The van der Waals surface area contributed by atoms with Crippen molar-refractivity contribution in [2.45, 2.75) is 38.6 Å². The SMILES string of the molecule is COc1cccc(-n2nc(C)c3c(Cl)c(C(=O)NC4CCCC4)cnc32)c1. The fourth-order valence-corrected chi connectivity index (χ4v) is 3.98. The summed E-state index contributed by atoms with van der Waals surface area (Å²) in [6.07, 6.45) is 5.88. The van der Waals surface area contributed by atoms with E-state index in [0.717, 1.165) is 42.8 Å². The molecule has 2 heterocycles. The lowest BCUT2D eigenvalue weighted by atomic mass is 10.1. The second-order valence-electron chi connectivity index (χ2n) is 6.84. The summed E-state index contributed by atoms with van der Waals surface area (Å²) in [5.41, 5.74) is 2.55. The summed E-state index contributed by atoms with van der Waals surface area (Å²) in [5, 5.41) is 8.73. The van der Waals surface area contributed by atoms with Crippen LogP contribution in [0, 0.1) is 6.92 Å². The van der Waals surface area contributed by atoms with Gasteiger partial charge in [0.25, 0.3) is 5.91 Å². The standard InChI is InChI=1S/C20H21ClN4O2/c1-12-17-18(21)16(20(26)23-13-6-3-4-7-13)11-22-19(17)25(24-12)14-8-5-9-15(10-14)27-2/h5,8-11,13H,3-4,6-7H2,1-2H3,(H,23,26). The highest BCUT2D eigenvalue weighted by Gasteiger charge is 2.23. The van der Waals surface area contributed by atoms with Gasteiger partial charge in [0.2, 0.25) is 0 Å². The van der Waals surface area contributed by atoms with E-state index in [1.54, 1.807) is 11.8 Å². The molecule has 140 valence electrons. The molecular weight excluding hydrogens is 364 g/mol. The summed E-state index contributed by atoms with van der Waals surface area (Å²) in [6, 6.07) is 7.79. The van der Waals surface area contributed by atoms with Crippen molar-refractivity contribution in [1.29, 1.82) is 0 Å². The van der Waals surface area contributed by atoms with Gasteiger partial charge in [-0.1, -0.05) is 30.5 Å². The highest BCUT2D eigenvalue weighted by Crippen LogP contribution is 2.31. The Labute approximate surface area is 162 Å². The van der Waals surface area contributed by atoms with Crippen molar-refractivity contribution in [3.8, 4) is 11.4 Å². The van der Waals surface area contributed by atoms with Gasteiger partial charge in [0.15, 0.2) is 5.65 Å². The van der Waals surface area contributed by atoms with Crippen molar-refractivity contribution >= 4 is 28.5 Å². The number of nitrogens with zero attached hydrogens (tertiary/aromatic N) is 3. The Bertz CT molecular complexity index is 1010. The number of methoxy groups -OCH3 is 1. The van der Waals surface area contributed by atoms with Crippen molar-refractivity contribution in [2.24, 2.45) is 0 Å².